The molecular weight excluding hydrogens is 564 g/mol. The molecule has 5 amide bonds. The van der Waals surface area contributed by atoms with Crippen molar-refractivity contribution in [1.29, 1.82) is 0 Å². The molecule has 3 fully saturated rings. The first-order chi connectivity index (χ1) is 21.8. The molecule has 1 unspecified atom stereocenters. The van der Waals surface area contributed by atoms with Gasteiger partial charge in [-0.2, -0.15) is 0 Å². The highest BCUT2D eigenvalue weighted by Crippen LogP contribution is 2.34. The molecule has 6 rings (SSSR count). The Kier molecular flexibility index (Phi) is 9.75. The van der Waals surface area contributed by atoms with Crippen LogP contribution < -0.4 is 15.5 Å². The van der Waals surface area contributed by atoms with Crippen molar-refractivity contribution in [2.75, 3.05) is 51.2 Å². The zero-order valence-electron chi connectivity index (χ0n) is 27.3. The summed E-state index contributed by atoms with van der Waals surface area (Å²) in [5.41, 5.74) is 4.89. The van der Waals surface area contributed by atoms with Gasteiger partial charge in [-0.25, -0.2) is 14.5 Å². The average molecular weight is 615 g/mol. The van der Waals surface area contributed by atoms with E-state index in [-0.39, 0.29) is 18.0 Å². The van der Waals surface area contributed by atoms with E-state index in [2.05, 4.69) is 48.6 Å². The summed E-state index contributed by atoms with van der Waals surface area (Å²) in [4.78, 5) is 49.9. The van der Waals surface area contributed by atoms with E-state index in [1.807, 2.05) is 40.1 Å². The van der Waals surface area contributed by atoms with E-state index >= 15 is 0 Å². The van der Waals surface area contributed by atoms with Gasteiger partial charge in [-0.05, 0) is 126 Å². The Balaban J connectivity index is 1.21. The summed E-state index contributed by atoms with van der Waals surface area (Å²) in [5, 5.41) is 6.44. The summed E-state index contributed by atoms with van der Waals surface area (Å²) in [6.45, 7) is 10.1. The molecule has 0 radical (unpaired) electrons. The first-order valence-electron chi connectivity index (χ1n) is 17.0. The van der Waals surface area contributed by atoms with Crippen molar-refractivity contribution in [3.63, 3.8) is 0 Å². The van der Waals surface area contributed by atoms with Crippen LogP contribution in [-0.4, -0.2) is 91.1 Å². The Morgan fingerprint density at radius 2 is 1.56 bits per heavy atom. The van der Waals surface area contributed by atoms with Gasteiger partial charge >= 0.3 is 12.1 Å². The predicted octanol–water partition coefficient (Wildman–Crippen LogP) is 4.70. The second-order valence-corrected chi connectivity index (χ2v) is 13.8. The zero-order valence-corrected chi connectivity index (χ0v) is 27.3. The zero-order chi connectivity index (χ0) is 31.5. The number of nitrogens with one attached hydrogen (secondary N) is 2. The number of benzene rings is 2. The molecule has 0 aromatic heterocycles. The second-order valence-electron chi connectivity index (χ2n) is 13.8. The average Bonchev–Trinajstić information content (AvgIpc) is 3.06. The van der Waals surface area contributed by atoms with Crippen LogP contribution in [0.2, 0.25) is 0 Å². The number of aryl methyl sites for hydroxylation is 2. The van der Waals surface area contributed by atoms with Crippen molar-refractivity contribution in [2.45, 2.75) is 77.4 Å². The molecule has 1 atom stereocenters. The number of imide groups is 1. The topological polar surface area (TPSA) is 88.2 Å². The quantitative estimate of drug-likeness (QED) is 0.493. The van der Waals surface area contributed by atoms with Crippen molar-refractivity contribution >= 4 is 23.7 Å². The molecule has 2 N–H and O–H groups in total. The predicted molar refractivity (Wildman–Crippen MR) is 177 cm³/mol. The number of carbonyl (C=O) groups is 3. The molecule has 242 valence electrons. The smallest absolute Gasteiger partial charge is 0.333 e. The van der Waals surface area contributed by atoms with Crippen LogP contribution in [0.3, 0.4) is 0 Å². The highest BCUT2D eigenvalue weighted by molar-refractivity contribution is 6.15. The van der Waals surface area contributed by atoms with E-state index in [9.17, 15) is 14.4 Å². The number of nitrogens with zero attached hydrogens (tertiary/aromatic N) is 4. The molecule has 2 aromatic rings. The second kappa shape index (κ2) is 13.9. The minimum atomic E-state index is -0.770. The van der Waals surface area contributed by atoms with Crippen LogP contribution >= 0.6 is 0 Å². The number of piperidine rings is 3. The van der Waals surface area contributed by atoms with Gasteiger partial charge in [-0.1, -0.05) is 36.4 Å². The van der Waals surface area contributed by atoms with Crippen LogP contribution in [0.4, 0.5) is 15.3 Å². The maximum absolute atomic E-state index is 14.2. The number of likely N-dealkylation sites (tertiary alicyclic amines) is 2. The molecule has 45 heavy (non-hydrogen) atoms. The van der Waals surface area contributed by atoms with Crippen LogP contribution in [0.5, 0.6) is 0 Å². The van der Waals surface area contributed by atoms with Gasteiger partial charge in [-0.15, -0.1) is 0 Å². The largest absolute Gasteiger partial charge is 0.341 e. The summed E-state index contributed by atoms with van der Waals surface area (Å²) in [6, 6.07) is 12.3. The number of fused-ring (bicyclic) bond motifs is 1. The fourth-order valence-electron chi connectivity index (χ4n) is 7.84. The number of hydrogen-bond donors (Lipinski definition) is 2. The van der Waals surface area contributed by atoms with Crippen LogP contribution in [0, 0.1) is 25.7 Å². The summed E-state index contributed by atoms with van der Waals surface area (Å²) in [7, 11) is 2.20. The number of para-hydroxylation sites is 1. The minimum Gasteiger partial charge on any atom is -0.341 e. The molecule has 3 saturated heterocycles. The van der Waals surface area contributed by atoms with E-state index in [1.54, 1.807) is 0 Å². The third-order valence-corrected chi connectivity index (χ3v) is 10.9. The van der Waals surface area contributed by atoms with Crippen LogP contribution in [0.1, 0.15) is 60.8 Å². The van der Waals surface area contributed by atoms with Crippen molar-refractivity contribution in [3.05, 3.63) is 64.7 Å². The van der Waals surface area contributed by atoms with Crippen molar-refractivity contribution in [1.82, 2.24) is 25.3 Å². The number of urea groups is 2. The molecule has 0 bridgehead atoms. The maximum Gasteiger partial charge on any atom is 0.333 e. The van der Waals surface area contributed by atoms with Gasteiger partial charge in [0.2, 0.25) is 5.91 Å². The number of amides is 5. The lowest BCUT2D eigenvalue weighted by atomic mass is 9.79. The van der Waals surface area contributed by atoms with Crippen LogP contribution in [0.25, 0.3) is 0 Å². The first-order valence-corrected chi connectivity index (χ1v) is 17.0. The number of rotatable bonds is 6. The molecule has 4 aliphatic heterocycles. The van der Waals surface area contributed by atoms with E-state index in [1.165, 1.54) is 23.3 Å². The number of hydrogen-bond acceptors (Lipinski definition) is 5. The third kappa shape index (κ3) is 7.04. The van der Waals surface area contributed by atoms with Gasteiger partial charge in [0.15, 0.2) is 0 Å². The van der Waals surface area contributed by atoms with E-state index < -0.39 is 12.1 Å². The van der Waals surface area contributed by atoms with Crippen LogP contribution in [-0.2, 0) is 17.8 Å². The summed E-state index contributed by atoms with van der Waals surface area (Å²) < 4.78 is 0. The summed E-state index contributed by atoms with van der Waals surface area (Å²) in [5.74, 6) is 1.33. The van der Waals surface area contributed by atoms with Gasteiger partial charge in [0.05, 0.1) is 5.69 Å². The molecule has 9 nitrogen and oxygen atoms in total. The lowest BCUT2D eigenvalue weighted by Crippen LogP contribution is -2.60. The monoisotopic (exact) mass is 614 g/mol. The molecule has 0 aliphatic carbocycles. The lowest BCUT2D eigenvalue weighted by Gasteiger charge is -2.42. The molecule has 4 aliphatic rings. The third-order valence-electron chi connectivity index (χ3n) is 10.9. The van der Waals surface area contributed by atoms with Gasteiger partial charge in [0.1, 0.15) is 6.04 Å². The van der Waals surface area contributed by atoms with Gasteiger partial charge in [0.25, 0.3) is 0 Å². The number of carbonyl (C=O) groups excluding carboxylic acids is 3. The summed E-state index contributed by atoms with van der Waals surface area (Å²) >= 11 is 0. The van der Waals surface area contributed by atoms with Gasteiger partial charge < -0.3 is 25.3 Å². The molecule has 0 spiro atoms. The Morgan fingerprint density at radius 1 is 0.889 bits per heavy atom. The van der Waals surface area contributed by atoms with Gasteiger partial charge in [-0.3, -0.25) is 4.79 Å². The van der Waals surface area contributed by atoms with E-state index in [0.717, 1.165) is 74.5 Å². The molecule has 2 aromatic carbocycles. The fourth-order valence-corrected chi connectivity index (χ4v) is 7.84. The Bertz CT molecular complexity index is 1370. The SMILES string of the molecule is Cc1ccc(CC(NC(=O)N2C(=O)N(C3CCNCC3)Cc3ccccc32)C(=O)N2CCC(C3CCN(C)CC3)CC2)cc1C. The molecular formula is C36H50N6O3. The summed E-state index contributed by atoms with van der Waals surface area (Å²) in [6.07, 6.45) is 6.57. The molecule has 9 heteroatoms. The van der Waals surface area contributed by atoms with E-state index in [0.29, 0.717) is 37.7 Å². The normalized spacial score (nSPS) is 21.5. The fraction of sp³-hybridized carbons (Fsp3) is 0.583. The Labute approximate surface area is 268 Å². The van der Waals surface area contributed by atoms with E-state index in [4.69, 9.17) is 0 Å². The molecule has 0 saturated carbocycles. The minimum absolute atomic E-state index is 0.0589. The highest BCUT2D eigenvalue weighted by atomic mass is 16.2. The molecule has 4 heterocycles. The standard InChI is InChI=1S/C36H50N6O3/c1-25-8-9-27(22-26(25)2)23-32(34(43)40-20-14-29(15-21-40)28-12-18-39(3)19-13-28)38-35(44)42-33-7-5-4-6-30(33)24-41(36(42)45)31-10-16-37-17-11-31/h4-9,22,28-29,31-32,37H,10-21,23-24H2,1-3H3,(H,38,44). The van der Waals surface area contributed by atoms with Crippen molar-refractivity contribution < 1.29 is 14.4 Å². The number of anilines is 1. The lowest BCUT2D eigenvalue weighted by molar-refractivity contribution is -0.135. The highest BCUT2D eigenvalue weighted by Gasteiger charge is 2.40. The van der Waals surface area contributed by atoms with Crippen LogP contribution in [0.15, 0.2) is 42.5 Å². The Hall–Kier alpha value is -3.43. The van der Waals surface area contributed by atoms with Gasteiger partial charge in [0, 0.05) is 32.1 Å². The van der Waals surface area contributed by atoms with Crippen molar-refractivity contribution in [3.8, 4) is 0 Å². The Morgan fingerprint density at radius 3 is 2.24 bits per heavy atom. The maximum atomic E-state index is 14.2. The first kappa shape index (κ1) is 31.5. The van der Waals surface area contributed by atoms with Crippen molar-refractivity contribution in [2.24, 2.45) is 11.8 Å².